The van der Waals surface area contributed by atoms with Crippen molar-refractivity contribution in [3.8, 4) is 5.75 Å². The van der Waals surface area contributed by atoms with Crippen LogP contribution in [0.4, 0.5) is 0 Å². The third kappa shape index (κ3) is 4.33. The molecule has 0 aliphatic heterocycles. The Balaban J connectivity index is 2.68. The Morgan fingerprint density at radius 3 is 2.71 bits per heavy atom. The maximum atomic E-state index is 11.9. The zero-order valence-electron chi connectivity index (χ0n) is 10.1. The molecule has 0 spiro atoms. The fraction of sp³-hybridized carbons (Fsp3) is 0.455. The fourth-order valence-corrected chi connectivity index (χ4v) is 2.37. The highest BCUT2D eigenvalue weighted by atomic mass is 32.2. The predicted octanol–water partition coefficient (Wildman–Crippen LogP) is 0.583. The van der Waals surface area contributed by atoms with Crippen molar-refractivity contribution in [2.75, 3.05) is 26.7 Å². The molecule has 0 unspecified atom stereocenters. The van der Waals surface area contributed by atoms with Gasteiger partial charge in [0, 0.05) is 19.2 Å². The van der Waals surface area contributed by atoms with Crippen molar-refractivity contribution in [3.05, 3.63) is 24.3 Å². The van der Waals surface area contributed by atoms with Crippen molar-refractivity contribution in [2.45, 2.75) is 11.8 Å². The number of ether oxygens (including phenoxy) is 1. The molecule has 0 atom stereocenters. The lowest BCUT2D eigenvalue weighted by Gasteiger charge is -2.08. The number of likely N-dealkylation sites (N-methyl/N-ethyl adjacent to an activating group) is 1. The predicted molar refractivity (Wildman–Crippen MR) is 66.7 cm³/mol. The molecule has 0 aliphatic carbocycles. The van der Waals surface area contributed by atoms with Crippen molar-refractivity contribution >= 4 is 10.0 Å². The van der Waals surface area contributed by atoms with Crippen LogP contribution in [0.1, 0.15) is 6.92 Å². The number of rotatable bonds is 7. The lowest BCUT2D eigenvalue weighted by molar-refractivity contribution is 0.413. The van der Waals surface area contributed by atoms with Gasteiger partial charge in [0.1, 0.15) is 5.75 Å². The highest BCUT2D eigenvalue weighted by molar-refractivity contribution is 7.89. The number of hydrogen-bond acceptors (Lipinski definition) is 4. The summed E-state index contributed by atoms with van der Waals surface area (Å²) in [5, 5.41) is 3.04. The molecule has 1 rings (SSSR count). The fourth-order valence-electron chi connectivity index (χ4n) is 1.30. The van der Waals surface area contributed by atoms with Crippen LogP contribution >= 0.6 is 0 Å². The van der Waals surface area contributed by atoms with Crippen molar-refractivity contribution in [1.82, 2.24) is 10.0 Å². The van der Waals surface area contributed by atoms with E-state index in [1.165, 1.54) is 19.2 Å². The average Bonchev–Trinajstić information content (AvgIpc) is 2.35. The smallest absolute Gasteiger partial charge is 0.240 e. The first kappa shape index (κ1) is 14.0. The summed E-state index contributed by atoms with van der Waals surface area (Å²) in [5.41, 5.74) is 0. The SMILES string of the molecule is CCNCCNS(=O)(=O)c1cccc(OC)c1. The van der Waals surface area contributed by atoms with Gasteiger partial charge in [-0.1, -0.05) is 13.0 Å². The van der Waals surface area contributed by atoms with Gasteiger partial charge < -0.3 is 10.1 Å². The van der Waals surface area contributed by atoms with Gasteiger partial charge in [-0.2, -0.15) is 0 Å². The van der Waals surface area contributed by atoms with Crippen LogP contribution in [0.15, 0.2) is 29.2 Å². The van der Waals surface area contributed by atoms with E-state index >= 15 is 0 Å². The third-order valence-electron chi connectivity index (χ3n) is 2.20. The minimum atomic E-state index is -3.44. The molecule has 96 valence electrons. The quantitative estimate of drug-likeness (QED) is 0.702. The van der Waals surface area contributed by atoms with Crippen LogP contribution in [0.25, 0.3) is 0 Å². The zero-order valence-corrected chi connectivity index (χ0v) is 10.9. The molecule has 2 N–H and O–H groups in total. The Morgan fingerprint density at radius 1 is 1.29 bits per heavy atom. The molecule has 1 aromatic carbocycles. The molecule has 0 aromatic heterocycles. The van der Waals surface area contributed by atoms with Gasteiger partial charge in [-0.25, -0.2) is 13.1 Å². The molecule has 0 saturated heterocycles. The topological polar surface area (TPSA) is 67.4 Å². The summed E-state index contributed by atoms with van der Waals surface area (Å²) in [6.45, 7) is 3.77. The molecular weight excluding hydrogens is 240 g/mol. The van der Waals surface area contributed by atoms with Crippen LogP contribution in [0.3, 0.4) is 0 Å². The van der Waals surface area contributed by atoms with Crippen LogP contribution < -0.4 is 14.8 Å². The summed E-state index contributed by atoms with van der Waals surface area (Å²) in [6.07, 6.45) is 0. The third-order valence-corrected chi connectivity index (χ3v) is 3.65. The summed E-state index contributed by atoms with van der Waals surface area (Å²) < 4.78 is 31.2. The van der Waals surface area contributed by atoms with Gasteiger partial charge in [-0.05, 0) is 18.7 Å². The lowest BCUT2D eigenvalue weighted by Crippen LogP contribution is -2.31. The first-order valence-electron chi connectivity index (χ1n) is 5.44. The number of methoxy groups -OCH3 is 1. The van der Waals surface area contributed by atoms with Crippen LogP contribution in [0, 0.1) is 0 Å². The number of sulfonamides is 1. The van der Waals surface area contributed by atoms with E-state index in [0.717, 1.165) is 6.54 Å². The zero-order chi connectivity index (χ0) is 12.7. The number of nitrogens with one attached hydrogen (secondary N) is 2. The number of hydrogen-bond donors (Lipinski definition) is 2. The minimum absolute atomic E-state index is 0.216. The maximum Gasteiger partial charge on any atom is 0.240 e. The number of benzene rings is 1. The van der Waals surface area contributed by atoms with Gasteiger partial charge in [0.2, 0.25) is 10.0 Å². The molecule has 0 radical (unpaired) electrons. The Labute approximate surface area is 102 Å². The van der Waals surface area contributed by atoms with Crippen molar-refractivity contribution < 1.29 is 13.2 Å². The van der Waals surface area contributed by atoms with Gasteiger partial charge in [-0.3, -0.25) is 0 Å². The van der Waals surface area contributed by atoms with Crippen LogP contribution in [-0.4, -0.2) is 35.2 Å². The molecule has 0 bridgehead atoms. The molecule has 17 heavy (non-hydrogen) atoms. The van der Waals surface area contributed by atoms with Crippen molar-refractivity contribution in [2.24, 2.45) is 0 Å². The lowest BCUT2D eigenvalue weighted by atomic mass is 10.3. The Morgan fingerprint density at radius 2 is 2.06 bits per heavy atom. The summed E-state index contributed by atoms with van der Waals surface area (Å²) in [6, 6.07) is 6.39. The second-order valence-electron chi connectivity index (χ2n) is 3.43. The molecule has 0 saturated carbocycles. The molecule has 0 aliphatic rings. The van der Waals surface area contributed by atoms with Gasteiger partial charge in [0.15, 0.2) is 0 Å². The van der Waals surface area contributed by atoms with Crippen molar-refractivity contribution in [3.63, 3.8) is 0 Å². The van der Waals surface area contributed by atoms with E-state index in [4.69, 9.17) is 4.74 Å². The van der Waals surface area contributed by atoms with Gasteiger partial charge in [0.05, 0.1) is 12.0 Å². The first-order chi connectivity index (χ1) is 8.10. The summed E-state index contributed by atoms with van der Waals surface area (Å²) in [5.74, 6) is 0.527. The Bertz CT molecular complexity index is 446. The summed E-state index contributed by atoms with van der Waals surface area (Å²) in [4.78, 5) is 0.216. The summed E-state index contributed by atoms with van der Waals surface area (Å²) in [7, 11) is -1.94. The molecule has 6 heteroatoms. The largest absolute Gasteiger partial charge is 0.497 e. The molecule has 0 heterocycles. The molecule has 5 nitrogen and oxygen atoms in total. The highest BCUT2D eigenvalue weighted by Gasteiger charge is 2.13. The molecule has 1 aromatic rings. The van der Waals surface area contributed by atoms with Crippen LogP contribution in [0.5, 0.6) is 5.75 Å². The standard InChI is InChI=1S/C11H18N2O3S/c1-3-12-7-8-13-17(14,15)11-6-4-5-10(9-11)16-2/h4-6,9,12-13H,3,7-8H2,1-2H3. The van der Waals surface area contributed by atoms with E-state index in [1.807, 2.05) is 6.92 Å². The van der Waals surface area contributed by atoms with Crippen LogP contribution in [-0.2, 0) is 10.0 Å². The average molecular weight is 258 g/mol. The van der Waals surface area contributed by atoms with E-state index in [1.54, 1.807) is 12.1 Å². The summed E-state index contributed by atoms with van der Waals surface area (Å²) >= 11 is 0. The molecular formula is C11H18N2O3S. The second-order valence-corrected chi connectivity index (χ2v) is 5.20. The molecule has 0 fully saturated rings. The van der Waals surface area contributed by atoms with Gasteiger partial charge in [-0.15, -0.1) is 0 Å². The van der Waals surface area contributed by atoms with E-state index in [9.17, 15) is 8.42 Å². The van der Waals surface area contributed by atoms with Gasteiger partial charge in [0.25, 0.3) is 0 Å². The Hall–Kier alpha value is -1.11. The first-order valence-corrected chi connectivity index (χ1v) is 6.93. The molecule has 0 amide bonds. The van der Waals surface area contributed by atoms with Gasteiger partial charge >= 0.3 is 0 Å². The normalized spacial score (nSPS) is 11.4. The van der Waals surface area contributed by atoms with E-state index in [-0.39, 0.29) is 4.90 Å². The highest BCUT2D eigenvalue weighted by Crippen LogP contribution is 2.16. The minimum Gasteiger partial charge on any atom is -0.497 e. The second kappa shape index (κ2) is 6.58. The van der Waals surface area contributed by atoms with E-state index in [0.29, 0.717) is 18.8 Å². The van der Waals surface area contributed by atoms with Crippen LogP contribution in [0.2, 0.25) is 0 Å². The van der Waals surface area contributed by atoms with Crippen molar-refractivity contribution in [1.29, 1.82) is 0 Å². The monoisotopic (exact) mass is 258 g/mol. The Kier molecular flexibility index (Phi) is 5.40. The van der Waals surface area contributed by atoms with E-state index < -0.39 is 10.0 Å². The maximum absolute atomic E-state index is 11.9. The van der Waals surface area contributed by atoms with E-state index in [2.05, 4.69) is 10.0 Å².